The van der Waals surface area contributed by atoms with Gasteiger partial charge in [0, 0.05) is 38.1 Å². The highest BCUT2D eigenvalue weighted by atomic mass is 32.2. The van der Waals surface area contributed by atoms with Gasteiger partial charge in [-0.2, -0.15) is 9.97 Å². The third kappa shape index (κ3) is 7.46. The predicted molar refractivity (Wildman–Crippen MR) is 134 cm³/mol. The molecule has 0 aliphatic carbocycles. The standard InChI is InChI=1S/C21H36N8O6S/c1-23-11-13-16(31)17(32)20(35-13)29-12-26-15-18(22)27-21(28-19(15)29)25-9-8-24-14(30)7-5-3-4-6-10-36(2,33)34/h12-13,16-17,20,23,31-32H,3-11H2,1-2H3,(H,24,30)(H3,22,25,27,28)/t13-,16-,17-,20-/m1/s1. The number of nitrogens with one attached hydrogen (secondary N) is 3. The first-order chi connectivity index (χ1) is 17.1. The molecule has 3 heterocycles. The second-order valence-electron chi connectivity index (χ2n) is 8.93. The summed E-state index contributed by atoms with van der Waals surface area (Å²) in [7, 11) is -1.21. The highest BCUT2D eigenvalue weighted by Gasteiger charge is 2.44. The van der Waals surface area contributed by atoms with Crippen LogP contribution in [0.25, 0.3) is 11.2 Å². The van der Waals surface area contributed by atoms with E-state index in [-0.39, 0.29) is 23.4 Å². The fourth-order valence-corrected chi connectivity index (χ4v) is 4.73. The SMILES string of the molecule is CNC[C@H]1O[C@@H](n2cnc3c(N)nc(NCCNC(=O)CCCCCCS(C)(=O)=O)nc32)[C@H](O)[C@@H]1O. The Hall–Kier alpha value is -2.59. The number of aliphatic hydroxyl groups excluding tert-OH is 2. The summed E-state index contributed by atoms with van der Waals surface area (Å²) < 4.78 is 29.5. The molecule has 0 radical (unpaired) electrons. The van der Waals surface area contributed by atoms with E-state index in [1.165, 1.54) is 17.2 Å². The van der Waals surface area contributed by atoms with Gasteiger partial charge < -0.3 is 36.6 Å². The zero-order valence-corrected chi connectivity index (χ0v) is 21.4. The van der Waals surface area contributed by atoms with Gasteiger partial charge >= 0.3 is 0 Å². The summed E-state index contributed by atoms with van der Waals surface area (Å²) in [6, 6.07) is 0. The summed E-state index contributed by atoms with van der Waals surface area (Å²) >= 11 is 0. The number of aromatic nitrogens is 4. The fourth-order valence-electron chi connectivity index (χ4n) is 4.00. The van der Waals surface area contributed by atoms with Crippen molar-refractivity contribution in [3.63, 3.8) is 0 Å². The molecule has 0 saturated carbocycles. The number of nitrogens with two attached hydrogens (primary N) is 1. The number of fused-ring (bicyclic) bond motifs is 1. The smallest absolute Gasteiger partial charge is 0.226 e. The molecule has 2 aromatic rings. The minimum absolute atomic E-state index is 0.0871. The van der Waals surface area contributed by atoms with Crippen LogP contribution < -0.4 is 21.7 Å². The summed E-state index contributed by atoms with van der Waals surface area (Å²) in [5, 5.41) is 29.5. The molecule has 0 aromatic carbocycles. The third-order valence-corrected chi connectivity index (χ3v) is 6.89. The van der Waals surface area contributed by atoms with E-state index in [0.717, 1.165) is 12.8 Å². The van der Waals surface area contributed by atoms with E-state index in [0.29, 0.717) is 50.1 Å². The molecular weight excluding hydrogens is 492 g/mol. The number of carbonyl (C=O) groups is 1. The monoisotopic (exact) mass is 528 g/mol. The molecule has 1 aliphatic rings. The lowest BCUT2D eigenvalue weighted by atomic mass is 10.1. The molecule has 0 unspecified atom stereocenters. The van der Waals surface area contributed by atoms with Crippen molar-refractivity contribution in [3.05, 3.63) is 6.33 Å². The molecule has 2 aromatic heterocycles. The second kappa shape index (κ2) is 12.6. The van der Waals surface area contributed by atoms with Crippen LogP contribution >= 0.6 is 0 Å². The number of anilines is 2. The minimum Gasteiger partial charge on any atom is -0.387 e. The van der Waals surface area contributed by atoms with Gasteiger partial charge in [-0.3, -0.25) is 9.36 Å². The van der Waals surface area contributed by atoms with Gasteiger partial charge in [-0.25, -0.2) is 13.4 Å². The van der Waals surface area contributed by atoms with E-state index in [9.17, 15) is 23.4 Å². The van der Waals surface area contributed by atoms with E-state index in [2.05, 4.69) is 30.9 Å². The zero-order valence-electron chi connectivity index (χ0n) is 20.6. The number of amides is 1. The Morgan fingerprint density at radius 3 is 2.64 bits per heavy atom. The molecule has 202 valence electrons. The van der Waals surface area contributed by atoms with E-state index in [4.69, 9.17) is 10.5 Å². The number of imidazole rings is 1. The van der Waals surface area contributed by atoms with Crippen molar-refractivity contribution in [2.45, 2.75) is 56.6 Å². The molecule has 1 amide bonds. The molecule has 1 aliphatic heterocycles. The number of hydrogen-bond acceptors (Lipinski definition) is 12. The zero-order chi connectivity index (χ0) is 26.3. The average Bonchev–Trinajstić information content (AvgIpc) is 3.35. The summed E-state index contributed by atoms with van der Waals surface area (Å²) in [5.74, 6) is 0.454. The molecule has 36 heavy (non-hydrogen) atoms. The van der Waals surface area contributed by atoms with Crippen LogP contribution in [0.2, 0.25) is 0 Å². The molecule has 4 atom stereocenters. The number of carbonyl (C=O) groups excluding carboxylic acids is 1. The molecular formula is C21H36N8O6S. The molecule has 14 nitrogen and oxygen atoms in total. The Labute approximate surface area is 210 Å². The van der Waals surface area contributed by atoms with Crippen molar-refractivity contribution in [2.75, 3.05) is 49.7 Å². The van der Waals surface area contributed by atoms with Crippen LogP contribution in [-0.2, 0) is 19.4 Å². The van der Waals surface area contributed by atoms with Crippen LogP contribution in [0, 0.1) is 0 Å². The number of hydrogen-bond donors (Lipinski definition) is 6. The first kappa shape index (κ1) is 28.0. The van der Waals surface area contributed by atoms with Crippen LogP contribution in [0.4, 0.5) is 11.8 Å². The van der Waals surface area contributed by atoms with Crippen molar-refractivity contribution in [1.29, 1.82) is 0 Å². The Bertz CT molecular complexity index is 1130. The highest BCUT2D eigenvalue weighted by molar-refractivity contribution is 7.90. The normalized spacial score (nSPS) is 22.2. The summed E-state index contributed by atoms with van der Waals surface area (Å²) in [5.41, 5.74) is 6.72. The number of likely N-dealkylation sites (N-methyl/N-ethyl adjacent to an activating group) is 1. The molecule has 1 fully saturated rings. The highest BCUT2D eigenvalue weighted by Crippen LogP contribution is 2.32. The lowest BCUT2D eigenvalue weighted by Crippen LogP contribution is -2.36. The van der Waals surface area contributed by atoms with Gasteiger partial charge in [0.25, 0.3) is 0 Å². The van der Waals surface area contributed by atoms with Gasteiger partial charge in [-0.1, -0.05) is 12.8 Å². The van der Waals surface area contributed by atoms with Crippen LogP contribution in [0.5, 0.6) is 0 Å². The minimum atomic E-state index is -2.93. The number of ether oxygens (including phenoxy) is 1. The summed E-state index contributed by atoms with van der Waals surface area (Å²) in [6.45, 7) is 1.06. The average molecular weight is 529 g/mol. The summed E-state index contributed by atoms with van der Waals surface area (Å²) in [6.07, 6.45) is 2.17. The molecule has 15 heteroatoms. The van der Waals surface area contributed by atoms with Crippen molar-refractivity contribution < 1.29 is 28.2 Å². The first-order valence-electron chi connectivity index (χ1n) is 11.9. The van der Waals surface area contributed by atoms with Crippen LogP contribution in [0.3, 0.4) is 0 Å². The third-order valence-electron chi connectivity index (χ3n) is 5.86. The van der Waals surface area contributed by atoms with Gasteiger partial charge in [-0.15, -0.1) is 0 Å². The predicted octanol–water partition coefficient (Wildman–Crippen LogP) is -1.23. The summed E-state index contributed by atoms with van der Waals surface area (Å²) in [4.78, 5) is 24.9. The van der Waals surface area contributed by atoms with Crippen LogP contribution in [0.1, 0.15) is 38.3 Å². The van der Waals surface area contributed by atoms with E-state index >= 15 is 0 Å². The van der Waals surface area contributed by atoms with Crippen molar-refractivity contribution >= 4 is 38.7 Å². The fraction of sp³-hybridized carbons (Fsp3) is 0.714. The molecule has 3 rings (SSSR count). The van der Waals surface area contributed by atoms with Crippen molar-refractivity contribution in [1.82, 2.24) is 30.2 Å². The first-order valence-corrected chi connectivity index (χ1v) is 14.0. The topological polar surface area (TPSA) is 207 Å². The second-order valence-corrected chi connectivity index (χ2v) is 11.2. The number of nitrogens with zero attached hydrogens (tertiary/aromatic N) is 4. The Balaban J connectivity index is 1.48. The van der Waals surface area contributed by atoms with Gasteiger partial charge in [0.05, 0.1) is 6.33 Å². The van der Waals surface area contributed by atoms with Gasteiger partial charge in [0.2, 0.25) is 11.9 Å². The Morgan fingerprint density at radius 2 is 1.92 bits per heavy atom. The Kier molecular flexibility index (Phi) is 9.78. The van der Waals surface area contributed by atoms with E-state index < -0.39 is 34.4 Å². The maximum Gasteiger partial charge on any atom is 0.226 e. The van der Waals surface area contributed by atoms with Gasteiger partial charge in [-0.05, 0) is 19.9 Å². The number of sulfone groups is 1. The van der Waals surface area contributed by atoms with Gasteiger partial charge in [0.15, 0.2) is 17.7 Å². The maximum atomic E-state index is 12.0. The lowest BCUT2D eigenvalue weighted by molar-refractivity contribution is -0.121. The number of aliphatic hydroxyl groups is 2. The van der Waals surface area contributed by atoms with Gasteiger partial charge in [0.1, 0.15) is 33.7 Å². The van der Waals surface area contributed by atoms with E-state index in [1.807, 2.05) is 0 Å². The van der Waals surface area contributed by atoms with Crippen LogP contribution in [0.15, 0.2) is 6.33 Å². The molecule has 0 spiro atoms. The Morgan fingerprint density at radius 1 is 1.17 bits per heavy atom. The number of nitrogen functional groups attached to an aromatic ring is 1. The van der Waals surface area contributed by atoms with Crippen LogP contribution in [-0.4, -0.2) is 101 Å². The maximum absolute atomic E-state index is 12.0. The lowest BCUT2D eigenvalue weighted by Gasteiger charge is -2.17. The van der Waals surface area contributed by atoms with Crippen molar-refractivity contribution in [3.8, 4) is 0 Å². The number of rotatable bonds is 14. The largest absolute Gasteiger partial charge is 0.387 e. The molecule has 7 N–H and O–H groups in total. The molecule has 0 bridgehead atoms. The van der Waals surface area contributed by atoms with Crippen molar-refractivity contribution in [2.24, 2.45) is 0 Å². The number of unbranched alkanes of at least 4 members (excludes halogenated alkanes) is 3. The quantitative estimate of drug-likeness (QED) is 0.159. The van der Waals surface area contributed by atoms with E-state index in [1.54, 1.807) is 7.05 Å². The molecule has 1 saturated heterocycles.